The van der Waals surface area contributed by atoms with Crippen molar-refractivity contribution in [2.45, 2.75) is 23.0 Å². The topological polar surface area (TPSA) is 21.3 Å². The quantitative estimate of drug-likeness (QED) is 0.903. The molecule has 0 aromatic heterocycles. The first-order chi connectivity index (χ1) is 9.90. The van der Waals surface area contributed by atoms with Gasteiger partial charge in [0.05, 0.1) is 0 Å². The normalized spacial score (nSPS) is 16.0. The van der Waals surface area contributed by atoms with Gasteiger partial charge in [0.15, 0.2) is 0 Å². The summed E-state index contributed by atoms with van der Waals surface area (Å²) in [6.45, 7) is 2.29. The highest BCUT2D eigenvalue weighted by Gasteiger charge is 2.13. The lowest BCUT2D eigenvalue weighted by Gasteiger charge is -2.22. The Hall–Kier alpha value is -1.45. The van der Waals surface area contributed by atoms with Crippen LogP contribution in [0.5, 0.6) is 11.5 Å². The van der Waals surface area contributed by atoms with Gasteiger partial charge in [-0.25, -0.2) is 0 Å². The molecule has 104 valence electrons. The van der Waals surface area contributed by atoms with Crippen LogP contribution in [0.1, 0.15) is 12.8 Å². The standard InChI is InChI=1S/C17H19NOS/c1-2-4-14(5-3-1)19-15-6-8-16(9-7-15)20-17-10-12-18-13-11-17/h1-9,17-18H,10-13H2. The van der Waals surface area contributed by atoms with Crippen LogP contribution in [0.15, 0.2) is 59.5 Å². The lowest BCUT2D eigenvalue weighted by molar-refractivity contribution is 0.482. The Morgan fingerprint density at radius 3 is 2.20 bits per heavy atom. The minimum Gasteiger partial charge on any atom is -0.457 e. The molecule has 0 aliphatic carbocycles. The molecule has 0 saturated carbocycles. The van der Waals surface area contributed by atoms with Gasteiger partial charge in [-0.05, 0) is 62.3 Å². The number of thioether (sulfide) groups is 1. The second-order valence-electron chi connectivity index (χ2n) is 4.95. The predicted molar refractivity (Wildman–Crippen MR) is 84.7 cm³/mol. The zero-order valence-corrected chi connectivity index (χ0v) is 12.2. The van der Waals surface area contributed by atoms with Gasteiger partial charge in [-0.15, -0.1) is 11.8 Å². The molecule has 0 atom stereocenters. The molecule has 2 aromatic carbocycles. The van der Waals surface area contributed by atoms with E-state index in [-0.39, 0.29) is 0 Å². The minimum atomic E-state index is 0.747. The van der Waals surface area contributed by atoms with Gasteiger partial charge in [0.2, 0.25) is 0 Å². The van der Waals surface area contributed by atoms with E-state index in [4.69, 9.17) is 4.74 Å². The number of hydrogen-bond acceptors (Lipinski definition) is 3. The number of hydrogen-bond donors (Lipinski definition) is 1. The van der Waals surface area contributed by atoms with Crippen molar-refractivity contribution in [3.05, 3.63) is 54.6 Å². The Morgan fingerprint density at radius 1 is 0.850 bits per heavy atom. The smallest absolute Gasteiger partial charge is 0.127 e. The molecule has 0 radical (unpaired) electrons. The van der Waals surface area contributed by atoms with E-state index in [1.165, 1.54) is 17.7 Å². The third-order valence-corrected chi connectivity index (χ3v) is 4.74. The molecule has 2 aromatic rings. The molecular weight excluding hydrogens is 266 g/mol. The molecule has 0 spiro atoms. The zero-order valence-electron chi connectivity index (χ0n) is 11.4. The highest BCUT2D eigenvalue weighted by molar-refractivity contribution is 8.00. The third-order valence-electron chi connectivity index (χ3n) is 3.39. The third kappa shape index (κ3) is 3.78. The van der Waals surface area contributed by atoms with Crippen LogP contribution >= 0.6 is 11.8 Å². The van der Waals surface area contributed by atoms with Gasteiger partial charge in [-0.1, -0.05) is 18.2 Å². The summed E-state index contributed by atoms with van der Waals surface area (Å²) < 4.78 is 5.80. The lowest BCUT2D eigenvalue weighted by Crippen LogP contribution is -2.29. The van der Waals surface area contributed by atoms with E-state index in [9.17, 15) is 0 Å². The summed E-state index contributed by atoms with van der Waals surface area (Å²) in [6, 6.07) is 18.3. The first kappa shape index (κ1) is 13.5. The van der Waals surface area contributed by atoms with Crippen molar-refractivity contribution in [3.8, 4) is 11.5 Å². The average Bonchev–Trinajstić information content (AvgIpc) is 2.51. The molecule has 1 saturated heterocycles. The van der Waals surface area contributed by atoms with Crippen molar-refractivity contribution in [3.63, 3.8) is 0 Å². The van der Waals surface area contributed by atoms with Gasteiger partial charge < -0.3 is 10.1 Å². The van der Waals surface area contributed by atoms with Gasteiger partial charge in [-0.3, -0.25) is 0 Å². The fourth-order valence-electron chi connectivity index (χ4n) is 2.32. The van der Waals surface area contributed by atoms with E-state index in [1.54, 1.807) is 0 Å². The van der Waals surface area contributed by atoms with Gasteiger partial charge in [0.25, 0.3) is 0 Å². The van der Waals surface area contributed by atoms with Crippen molar-refractivity contribution < 1.29 is 4.74 Å². The summed E-state index contributed by atoms with van der Waals surface area (Å²) in [4.78, 5) is 1.33. The number of benzene rings is 2. The van der Waals surface area contributed by atoms with Gasteiger partial charge >= 0.3 is 0 Å². The van der Waals surface area contributed by atoms with E-state index in [2.05, 4.69) is 29.6 Å². The van der Waals surface area contributed by atoms with Crippen LogP contribution < -0.4 is 10.1 Å². The molecule has 1 fully saturated rings. The fraction of sp³-hybridized carbons (Fsp3) is 0.294. The molecule has 1 heterocycles. The van der Waals surface area contributed by atoms with Crippen LogP contribution in [0, 0.1) is 0 Å². The number of piperidine rings is 1. The van der Waals surface area contributed by atoms with E-state index >= 15 is 0 Å². The molecule has 1 aliphatic rings. The number of para-hydroxylation sites is 1. The summed E-state index contributed by atoms with van der Waals surface area (Å²) in [7, 11) is 0. The average molecular weight is 285 g/mol. The molecule has 3 rings (SSSR count). The molecule has 3 heteroatoms. The Labute approximate surface area is 124 Å². The first-order valence-corrected chi connectivity index (χ1v) is 7.98. The molecule has 1 aliphatic heterocycles. The number of ether oxygens (including phenoxy) is 1. The second-order valence-corrected chi connectivity index (χ2v) is 6.33. The zero-order chi connectivity index (χ0) is 13.6. The highest BCUT2D eigenvalue weighted by atomic mass is 32.2. The fourth-order valence-corrected chi connectivity index (χ4v) is 3.47. The van der Waals surface area contributed by atoms with Crippen molar-refractivity contribution in [1.82, 2.24) is 5.32 Å². The maximum Gasteiger partial charge on any atom is 0.127 e. The Kier molecular flexibility index (Phi) is 4.61. The Balaban J connectivity index is 1.59. The summed E-state index contributed by atoms with van der Waals surface area (Å²) in [5.41, 5.74) is 0. The number of nitrogens with one attached hydrogen (secondary N) is 1. The minimum absolute atomic E-state index is 0.747. The Bertz CT molecular complexity index is 520. The van der Waals surface area contributed by atoms with Crippen LogP contribution in [0.25, 0.3) is 0 Å². The van der Waals surface area contributed by atoms with Crippen LogP contribution in [0.4, 0.5) is 0 Å². The Morgan fingerprint density at radius 2 is 1.50 bits per heavy atom. The summed E-state index contributed by atoms with van der Waals surface area (Å²) in [5, 5.41) is 4.15. The monoisotopic (exact) mass is 285 g/mol. The van der Waals surface area contributed by atoms with Crippen molar-refractivity contribution in [1.29, 1.82) is 0 Å². The predicted octanol–water partition coefficient (Wildman–Crippen LogP) is 4.32. The van der Waals surface area contributed by atoms with Crippen molar-refractivity contribution in [2.75, 3.05) is 13.1 Å². The number of rotatable bonds is 4. The summed E-state index contributed by atoms with van der Waals surface area (Å²) in [6.07, 6.45) is 2.51. The summed E-state index contributed by atoms with van der Waals surface area (Å²) >= 11 is 1.98. The van der Waals surface area contributed by atoms with Crippen LogP contribution in [-0.2, 0) is 0 Å². The van der Waals surface area contributed by atoms with Crippen LogP contribution in [-0.4, -0.2) is 18.3 Å². The molecule has 0 bridgehead atoms. The van der Waals surface area contributed by atoms with Crippen molar-refractivity contribution in [2.24, 2.45) is 0 Å². The molecule has 2 nitrogen and oxygen atoms in total. The maximum absolute atomic E-state index is 5.80. The van der Waals surface area contributed by atoms with E-state index in [0.717, 1.165) is 29.8 Å². The molecule has 20 heavy (non-hydrogen) atoms. The second kappa shape index (κ2) is 6.82. The van der Waals surface area contributed by atoms with Crippen molar-refractivity contribution >= 4 is 11.8 Å². The van der Waals surface area contributed by atoms with Gasteiger partial charge in [-0.2, -0.15) is 0 Å². The SMILES string of the molecule is c1ccc(Oc2ccc(SC3CCNCC3)cc2)cc1. The van der Waals surface area contributed by atoms with Gasteiger partial charge in [0, 0.05) is 10.1 Å². The van der Waals surface area contributed by atoms with Crippen LogP contribution in [0.2, 0.25) is 0 Å². The molecular formula is C17H19NOS. The largest absolute Gasteiger partial charge is 0.457 e. The molecule has 0 unspecified atom stereocenters. The van der Waals surface area contributed by atoms with E-state index < -0.39 is 0 Å². The van der Waals surface area contributed by atoms with Gasteiger partial charge in [0.1, 0.15) is 11.5 Å². The molecule has 1 N–H and O–H groups in total. The maximum atomic E-state index is 5.80. The van der Waals surface area contributed by atoms with Crippen LogP contribution in [0.3, 0.4) is 0 Å². The summed E-state index contributed by atoms with van der Waals surface area (Å²) in [5.74, 6) is 1.78. The van der Waals surface area contributed by atoms with E-state index in [1.807, 2.05) is 42.1 Å². The lowest BCUT2D eigenvalue weighted by atomic mass is 10.2. The first-order valence-electron chi connectivity index (χ1n) is 7.10. The van der Waals surface area contributed by atoms with E-state index in [0.29, 0.717) is 0 Å². The molecule has 0 amide bonds. The highest BCUT2D eigenvalue weighted by Crippen LogP contribution is 2.30.